The molecule has 0 saturated heterocycles. The molecule has 116 valence electrons. The van der Waals surface area contributed by atoms with Crippen molar-refractivity contribution in [2.45, 2.75) is 33.6 Å². The summed E-state index contributed by atoms with van der Waals surface area (Å²) >= 11 is 0. The lowest BCUT2D eigenvalue weighted by Gasteiger charge is -2.18. The van der Waals surface area contributed by atoms with Crippen LogP contribution in [0.1, 0.15) is 42.6 Å². The van der Waals surface area contributed by atoms with Gasteiger partial charge < -0.3 is 10.4 Å². The number of aliphatic hydroxyl groups is 1. The van der Waals surface area contributed by atoms with E-state index >= 15 is 0 Å². The molecule has 0 fully saturated rings. The summed E-state index contributed by atoms with van der Waals surface area (Å²) in [6.07, 6.45) is 1.55. The second kappa shape index (κ2) is 8.57. The minimum atomic E-state index is -0.578. The maximum absolute atomic E-state index is 12.0. The molecule has 4 heteroatoms. The van der Waals surface area contributed by atoms with Gasteiger partial charge >= 0.3 is 0 Å². The van der Waals surface area contributed by atoms with Crippen molar-refractivity contribution in [3.63, 3.8) is 0 Å². The third-order valence-electron chi connectivity index (χ3n) is 3.41. The first-order valence-electron chi connectivity index (χ1n) is 7.44. The Kier molecular flexibility index (Phi) is 7.09. The molecule has 4 nitrogen and oxygen atoms in total. The topological polar surface area (TPSA) is 66.4 Å². The van der Waals surface area contributed by atoms with E-state index in [9.17, 15) is 9.59 Å². The number of aryl methyl sites for hydroxylation is 1. The van der Waals surface area contributed by atoms with Crippen LogP contribution in [0.3, 0.4) is 0 Å². The number of hydrogen-bond donors (Lipinski definition) is 2. The summed E-state index contributed by atoms with van der Waals surface area (Å²) in [5.41, 5.74) is 1.45. The zero-order valence-corrected chi connectivity index (χ0v) is 13.1. The molecular weight excluding hydrogens is 266 g/mol. The van der Waals surface area contributed by atoms with Crippen molar-refractivity contribution in [3.8, 4) is 0 Å². The van der Waals surface area contributed by atoms with E-state index in [1.165, 1.54) is 0 Å². The molecule has 1 aromatic rings. The maximum atomic E-state index is 12.0. The second-order valence-corrected chi connectivity index (χ2v) is 5.91. The highest BCUT2D eigenvalue weighted by Crippen LogP contribution is 2.14. The Labute approximate surface area is 126 Å². The summed E-state index contributed by atoms with van der Waals surface area (Å²) in [5.74, 6) is -0.399. The minimum absolute atomic E-state index is 0.0964. The van der Waals surface area contributed by atoms with Gasteiger partial charge in [0.2, 0.25) is 5.78 Å². The molecule has 1 aromatic carbocycles. The average molecular weight is 291 g/mol. The number of nitrogens with one attached hydrogen (secondary N) is 1. The van der Waals surface area contributed by atoms with Crippen LogP contribution >= 0.6 is 0 Å². The van der Waals surface area contributed by atoms with Crippen LogP contribution in [0.15, 0.2) is 24.3 Å². The Morgan fingerprint density at radius 3 is 2.33 bits per heavy atom. The molecule has 0 heterocycles. The van der Waals surface area contributed by atoms with E-state index in [-0.39, 0.29) is 12.5 Å². The van der Waals surface area contributed by atoms with E-state index < -0.39 is 11.7 Å². The third kappa shape index (κ3) is 6.08. The van der Waals surface area contributed by atoms with Gasteiger partial charge in [-0.1, -0.05) is 43.7 Å². The van der Waals surface area contributed by atoms with Crippen LogP contribution in [0.2, 0.25) is 0 Å². The quantitative estimate of drug-likeness (QED) is 0.570. The predicted molar refractivity (Wildman–Crippen MR) is 83.2 cm³/mol. The number of ketones is 1. The van der Waals surface area contributed by atoms with Gasteiger partial charge in [-0.15, -0.1) is 0 Å². The molecule has 0 radical (unpaired) electrons. The maximum Gasteiger partial charge on any atom is 0.292 e. The fraction of sp³-hybridized carbons (Fsp3) is 0.529. The summed E-state index contributed by atoms with van der Waals surface area (Å²) in [4.78, 5) is 23.9. The van der Waals surface area contributed by atoms with Crippen molar-refractivity contribution in [2.24, 2.45) is 11.8 Å². The van der Waals surface area contributed by atoms with Crippen molar-refractivity contribution in [1.82, 2.24) is 5.32 Å². The third-order valence-corrected chi connectivity index (χ3v) is 3.41. The Morgan fingerprint density at radius 2 is 1.81 bits per heavy atom. The van der Waals surface area contributed by atoms with Crippen LogP contribution < -0.4 is 5.32 Å². The van der Waals surface area contributed by atoms with Crippen molar-refractivity contribution in [2.75, 3.05) is 13.2 Å². The number of benzene rings is 1. The highest BCUT2D eigenvalue weighted by molar-refractivity contribution is 6.42. The Morgan fingerprint density at radius 1 is 1.19 bits per heavy atom. The molecule has 0 bridgehead atoms. The van der Waals surface area contributed by atoms with Gasteiger partial charge in [0.25, 0.3) is 5.91 Å². The lowest BCUT2D eigenvalue weighted by molar-refractivity contribution is -0.117. The summed E-state index contributed by atoms with van der Waals surface area (Å²) < 4.78 is 0. The first-order chi connectivity index (χ1) is 9.93. The summed E-state index contributed by atoms with van der Waals surface area (Å²) in [6, 6.07) is 6.95. The monoisotopic (exact) mass is 291 g/mol. The SMILES string of the molecule is Cc1ccc(C(=O)C(=O)NCC(CCO)CC(C)C)cc1. The van der Waals surface area contributed by atoms with Gasteiger partial charge in [-0.3, -0.25) is 9.59 Å². The molecule has 0 aromatic heterocycles. The van der Waals surface area contributed by atoms with Gasteiger partial charge in [-0.2, -0.15) is 0 Å². The summed E-state index contributed by atoms with van der Waals surface area (Å²) in [5, 5.41) is 11.7. The van der Waals surface area contributed by atoms with E-state index in [0.29, 0.717) is 24.4 Å². The van der Waals surface area contributed by atoms with E-state index in [2.05, 4.69) is 19.2 Å². The molecule has 0 spiro atoms. The number of Topliss-reactive ketones (excluding diaryl/α,β-unsaturated/α-hetero) is 1. The standard InChI is InChI=1S/C17H25NO3/c1-12(2)10-14(8-9-19)11-18-17(21)16(20)15-6-4-13(3)5-7-15/h4-7,12,14,19H,8-11H2,1-3H3,(H,18,21). The van der Waals surface area contributed by atoms with Gasteiger partial charge in [0.15, 0.2) is 0 Å². The van der Waals surface area contributed by atoms with Crippen molar-refractivity contribution >= 4 is 11.7 Å². The van der Waals surface area contributed by atoms with Crippen LogP contribution in [-0.2, 0) is 4.79 Å². The highest BCUT2D eigenvalue weighted by atomic mass is 16.3. The lowest BCUT2D eigenvalue weighted by atomic mass is 9.94. The minimum Gasteiger partial charge on any atom is -0.396 e. The first kappa shape index (κ1) is 17.4. The van der Waals surface area contributed by atoms with Gasteiger partial charge in [0.1, 0.15) is 0 Å². The molecule has 2 N–H and O–H groups in total. The molecule has 0 aliphatic carbocycles. The normalized spacial score (nSPS) is 12.2. The zero-order valence-electron chi connectivity index (χ0n) is 13.1. The van der Waals surface area contributed by atoms with E-state index in [1.54, 1.807) is 12.1 Å². The Balaban J connectivity index is 2.55. The number of rotatable bonds is 8. The van der Waals surface area contributed by atoms with E-state index in [1.807, 2.05) is 19.1 Å². The molecule has 21 heavy (non-hydrogen) atoms. The lowest BCUT2D eigenvalue weighted by Crippen LogP contribution is -2.35. The van der Waals surface area contributed by atoms with Gasteiger partial charge in [0, 0.05) is 18.7 Å². The van der Waals surface area contributed by atoms with Crippen LogP contribution in [0, 0.1) is 18.8 Å². The molecule has 0 aliphatic heterocycles. The number of carbonyl (C=O) groups is 2. The van der Waals surface area contributed by atoms with E-state index in [0.717, 1.165) is 12.0 Å². The average Bonchev–Trinajstić information content (AvgIpc) is 2.44. The van der Waals surface area contributed by atoms with Gasteiger partial charge in [0.05, 0.1) is 0 Å². The molecule has 1 atom stereocenters. The van der Waals surface area contributed by atoms with Crippen molar-refractivity contribution < 1.29 is 14.7 Å². The second-order valence-electron chi connectivity index (χ2n) is 5.91. The van der Waals surface area contributed by atoms with Gasteiger partial charge in [-0.05, 0) is 31.6 Å². The Hall–Kier alpha value is -1.68. The molecule has 0 aliphatic rings. The highest BCUT2D eigenvalue weighted by Gasteiger charge is 2.18. The fourth-order valence-corrected chi connectivity index (χ4v) is 2.31. The number of carbonyl (C=O) groups excluding carboxylic acids is 2. The van der Waals surface area contributed by atoms with Gasteiger partial charge in [-0.25, -0.2) is 0 Å². The van der Waals surface area contributed by atoms with Crippen LogP contribution in [0.5, 0.6) is 0 Å². The Bertz CT molecular complexity index is 465. The number of amides is 1. The van der Waals surface area contributed by atoms with Crippen LogP contribution in [0.4, 0.5) is 0 Å². The number of aliphatic hydroxyl groups excluding tert-OH is 1. The van der Waals surface area contributed by atoms with Crippen LogP contribution in [0.25, 0.3) is 0 Å². The summed E-state index contributed by atoms with van der Waals surface area (Å²) in [6.45, 7) is 6.65. The molecule has 0 saturated carbocycles. The first-order valence-corrected chi connectivity index (χ1v) is 7.44. The fourth-order valence-electron chi connectivity index (χ4n) is 2.31. The molecule has 1 rings (SSSR count). The largest absolute Gasteiger partial charge is 0.396 e. The van der Waals surface area contributed by atoms with Crippen molar-refractivity contribution in [1.29, 1.82) is 0 Å². The predicted octanol–water partition coefficient (Wildman–Crippen LogP) is 2.34. The van der Waals surface area contributed by atoms with Crippen LogP contribution in [-0.4, -0.2) is 29.9 Å². The molecule has 1 amide bonds. The molecular formula is C17H25NO3. The van der Waals surface area contributed by atoms with Crippen molar-refractivity contribution in [3.05, 3.63) is 35.4 Å². The number of hydrogen-bond acceptors (Lipinski definition) is 3. The zero-order chi connectivity index (χ0) is 15.8. The summed E-state index contributed by atoms with van der Waals surface area (Å²) in [7, 11) is 0. The van der Waals surface area contributed by atoms with E-state index in [4.69, 9.17) is 5.11 Å². The molecule has 1 unspecified atom stereocenters. The smallest absolute Gasteiger partial charge is 0.292 e.